The standard InChI is InChI=1S/C15H13F2N3O3S/c16-10-6-12(8-18-7-10)19-15(21)9-1-4-13(17)14(5-9)24(22,23)20-11-2-3-11/h1,4-8,11,20H,2-3H2,(H,19,21). The van der Waals surface area contributed by atoms with Gasteiger partial charge in [0.25, 0.3) is 5.91 Å². The molecule has 0 spiro atoms. The molecule has 0 saturated heterocycles. The molecule has 1 aliphatic rings. The highest BCUT2D eigenvalue weighted by Crippen LogP contribution is 2.24. The molecule has 2 aromatic rings. The van der Waals surface area contributed by atoms with Crippen molar-refractivity contribution in [1.29, 1.82) is 0 Å². The number of hydrogen-bond donors (Lipinski definition) is 2. The van der Waals surface area contributed by atoms with Gasteiger partial charge < -0.3 is 5.32 Å². The summed E-state index contributed by atoms with van der Waals surface area (Å²) in [6.45, 7) is 0. The van der Waals surface area contributed by atoms with Crippen LogP contribution in [0.5, 0.6) is 0 Å². The largest absolute Gasteiger partial charge is 0.320 e. The zero-order valence-corrected chi connectivity index (χ0v) is 13.1. The van der Waals surface area contributed by atoms with Crippen molar-refractivity contribution in [1.82, 2.24) is 9.71 Å². The van der Waals surface area contributed by atoms with Crippen LogP contribution >= 0.6 is 0 Å². The Bertz CT molecular complexity index is 899. The number of pyridine rings is 1. The van der Waals surface area contributed by atoms with Gasteiger partial charge in [-0.15, -0.1) is 0 Å². The number of halogens is 2. The molecule has 1 aromatic heterocycles. The number of carbonyl (C=O) groups is 1. The fourth-order valence-corrected chi connectivity index (χ4v) is 3.43. The summed E-state index contributed by atoms with van der Waals surface area (Å²) in [6.07, 6.45) is 3.61. The minimum atomic E-state index is -4.04. The molecule has 3 rings (SSSR count). The van der Waals surface area contributed by atoms with Crippen molar-refractivity contribution in [3.05, 3.63) is 53.9 Å². The Balaban J connectivity index is 1.86. The number of anilines is 1. The highest BCUT2D eigenvalue weighted by atomic mass is 32.2. The number of hydrogen-bond acceptors (Lipinski definition) is 4. The van der Waals surface area contributed by atoms with Crippen LogP contribution in [-0.2, 0) is 10.0 Å². The maximum atomic E-state index is 13.9. The summed E-state index contributed by atoms with van der Waals surface area (Å²) in [5.41, 5.74) is 0.0293. The molecule has 0 atom stereocenters. The Morgan fingerprint density at radius 3 is 2.58 bits per heavy atom. The summed E-state index contributed by atoms with van der Waals surface area (Å²) in [5.74, 6) is -2.29. The van der Waals surface area contributed by atoms with Gasteiger partial charge in [0.1, 0.15) is 16.5 Å². The number of sulfonamides is 1. The topological polar surface area (TPSA) is 88.2 Å². The Morgan fingerprint density at radius 2 is 1.92 bits per heavy atom. The quantitative estimate of drug-likeness (QED) is 0.861. The van der Waals surface area contributed by atoms with Gasteiger partial charge in [-0.25, -0.2) is 21.9 Å². The third kappa shape index (κ3) is 3.74. The summed E-state index contributed by atoms with van der Waals surface area (Å²) >= 11 is 0. The first-order chi connectivity index (χ1) is 11.3. The van der Waals surface area contributed by atoms with Crippen molar-refractivity contribution in [2.24, 2.45) is 0 Å². The van der Waals surface area contributed by atoms with Crippen LogP contribution in [0.1, 0.15) is 23.2 Å². The average Bonchev–Trinajstić information content (AvgIpc) is 3.30. The number of amides is 1. The lowest BCUT2D eigenvalue weighted by atomic mass is 10.2. The molecule has 1 fully saturated rings. The summed E-state index contributed by atoms with van der Waals surface area (Å²) < 4.78 is 53.6. The molecule has 1 saturated carbocycles. The van der Waals surface area contributed by atoms with E-state index in [1.165, 1.54) is 6.20 Å². The lowest BCUT2D eigenvalue weighted by Crippen LogP contribution is -2.27. The van der Waals surface area contributed by atoms with Crippen LogP contribution in [0.4, 0.5) is 14.5 Å². The van der Waals surface area contributed by atoms with E-state index in [-0.39, 0.29) is 17.3 Å². The third-order valence-corrected chi connectivity index (χ3v) is 4.88. The van der Waals surface area contributed by atoms with E-state index in [1.54, 1.807) is 0 Å². The molecule has 2 N–H and O–H groups in total. The van der Waals surface area contributed by atoms with E-state index in [2.05, 4.69) is 15.0 Å². The molecular weight excluding hydrogens is 340 g/mol. The first-order valence-electron chi connectivity index (χ1n) is 7.09. The molecule has 1 aliphatic carbocycles. The SMILES string of the molecule is O=C(Nc1cncc(F)c1)c1ccc(F)c(S(=O)(=O)NC2CC2)c1. The zero-order valence-electron chi connectivity index (χ0n) is 12.3. The van der Waals surface area contributed by atoms with Gasteiger partial charge in [0, 0.05) is 17.7 Å². The monoisotopic (exact) mass is 353 g/mol. The number of nitrogens with one attached hydrogen (secondary N) is 2. The van der Waals surface area contributed by atoms with E-state index in [0.29, 0.717) is 12.8 Å². The van der Waals surface area contributed by atoms with Gasteiger partial charge in [-0.3, -0.25) is 9.78 Å². The number of aromatic nitrogens is 1. The summed E-state index contributed by atoms with van der Waals surface area (Å²) in [4.78, 5) is 15.1. The average molecular weight is 353 g/mol. The molecule has 9 heteroatoms. The van der Waals surface area contributed by atoms with Crippen LogP contribution in [0, 0.1) is 11.6 Å². The van der Waals surface area contributed by atoms with Crippen LogP contribution in [0.3, 0.4) is 0 Å². The van der Waals surface area contributed by atoms with Gasteiger partial charge >= 0.3 is 0 Å². The summed E-state index contributed by atoms with van der Waals surface area (Å²) in [7, 11) is -4.04. The van der Waals surface area contributed by atoms with E-state index < -0.39 is 32.5 Å². The van der Waals surface area contributed by atoms with Gasteiger partial charge in [-0.05, 0) is 31.0 Å². The predicted molar refractivity (Wildman–Crippen MR) is 81.9 cm³/mol. The predicted octanol–water partition coefficient (Wildman–Crippen LogP) is 2.05. The summed E-state index contributed by atoms with van der Waals surface area (Å²) in [6, 6.07) is 3.86. The van der Waals surface area contributed by atoms with Crippen LogP contribution in [0.25, 0.3) is 0 Å². The second-order valence-corrected chi connectivity index (χ2v) is 7.07. The van der Waals surface area contributed by atoms with Crippen LogP contribution < -0.4 is 10.0 Å². The second-order valence-electron chi connectivity index (χ2n) is 5.39. The third-order valence-electron chi connectivity index (χ3n) is 3.34. The van der Waals surface area contributed by atoms with Crippen LogP contribution in [0.15, 0.2) is 41.6 Å². The molecule has 0 radical (unpaired) electrons. The zero-order chi connectivity index (χ0) is 17.3. The maximum Gasteiger partial charge on any atom is 0.255 e. The van der Waals surface area contributed by atoms with Crippen molar-refractivity contribution in [2.45, 2.75) is 23.8 Å². The minimum absolute atomic E-state index is 0.0724. The molecule has 0 bridgehead atoms. The molecule has 126 valence electrons. The maximum absolute atomic E-state index is 13.9. The van der Waals surface area contributed by atoms with Gasteiger partial charge in [-0.1, -0.05) is 0 Å². The van der Waals surface area contributed by atoms with Crippen LogP contribution in [0.2, 0.25) is 0 Å². The van der Waals surface area contributed by atoms with Crippen molar-refractivity contribution in [3.8, 4) is 0 Å². The molecule has 1 aromatic carbocycles. The second kappa shape index (κ2) is 6.25. The molecular formula is C15H13F2N3O3S. The molecule has 1 amide bonds. The number of rotatable bonds is 5. The Labute approximate surface area is 137 Å². The molecule has 1 heterocycles. The van der Waals surface area contributed by atoms with E-state index in [1.807, 2.05) is 0 Å². The molecule has 0 aliphatic heterocycles. The number of benzene rings is 1. The van der Waals surface area contributed by atoms with Crippen molar-refractivity contribution >= 4 is 21.6 Å². The first-order valence-corrected chi connectivity index (χ1v) is 8.57. The smallest absolute Gasteiger partial charge is 0.255 e. The lowest BCUT2D eigenvalue weighted by Gasteiger charge is -2.09. The normalized spacial score (nSPS) is 14.4. The van der Waals surface area contributed by atoms with E-state index in [4.69, 9.17) is 0 Å². The van der Waals surface area contributed by atoms with Crippen molar-refractivity contribution < 1.29 is 22.0 Å². The van der Waals surface area contributed by atoms with Gasteiger partial charge in [0.2, 0.25) is 10.0 Å². The molecule has 24 heavy (non-hydrogen) atoms. The van der Waals surface area contributed by atoms with Crippen LogP contribution in [-0.4, -0.2) is 25.4 Å². The highest BCUT2D eigenvalue weighted by molar-refractivity contribution is 7.89. The Morgan fingerprint density at radius 1 is 1.17 bits per heavy atom. The number of nitrogens with zero attached hydrogens (tertiary/aromatic N) is 1. The lowest BCUT2D eigenvalue weighted by molar-refractivity contribution is 0.102. The first kappa shape index (κ1) is 16.5. The number of carbonyl (C=O) groups excluding carboxylic acids is 1. The Kier molecular flexibility index (Phi) is 4.29. The van der Waals surface area contributed by atoms with Gasteiger partial charge in [0.05, 0.1) is 18.1 Å². The van der Waals surface area contributed by atoms with Crippen molar-refractivity contribution in [3.63, 3.8) is 0 Å². The molecule has 0 unspecified atom stereocenters. The molecule has 6 nitrogen and oxygen atoms in total. The highest BCUT2D eigenvalue weighted by Gasteiger charge is 2.30. The van der Waals surface area contributed by atoms with E-state index >= 15 is 0 Å². The van der Waals surface area contributed by atoms with E-state index in [9.17, 15) is 22.0 Å². The van der Waals surface area contributed by atoms with E-state index in [0.717, 1.165) is 30.5 Å². The fraction of sp³-hybridized carbons (Fsp3) is 0.200. The van der Waals surface area contributed by atoms with Gasteiger partial charge in [-0.2, -0.15) is 0 Å². The van der Waals surface area contributed by atoms with Crippen molar-refractivity contribution in [2.75, 3.05) is 5.32 Å². The minimum Gasteiger partial charge on any atom is -0.320 e. The fourth-order valence-electron chi connectivity index (χ4n) is 2.02. The summed E-state index contributed by atoms with van der Waals surface area (Å²) in [5, 5.41) is 2.37. The van der Waals surface area contributed by atoms with Gasteiger partial charge in [0.15, 0.2) is 0 Å². The Hall–Kier alpha value is -2.39.